The van der Waals surface area contributed by atoms with Crippen molar-refractivity contribution < 1.29 is 22.7 Å². The highest BCUT2D eigenvalue weighted by atomic mass is 35.5. The van der Waals surface area contributed by atoms with E-state index in [2.05, 4.69) is 5.32 Å². The fourth-order valence-electron chi connectivity index (χ4n) is 2.92. The first-order chi connectivity index (χ1) is 15.3. The van der Waals surface area contributed by atoms with Gasteiger partial charge in [-0.25, -0.2) is 8.42 Å². The van der Waals surface area contributed by atoms with E-state index in [1.807, 2.05) is 0 Å². The maximum absolute atomic E-state index is 13.4. The van der Waals surface area contributed by atoms with Crippen molar-refractivity contribution in [3.63, 3.8) is 0 Å². The van der Waals surface area contributed by atoms with Gasteiger partial charge in [-0.3, -0.25) is 9.10 Å². The van der Waals surface area contributed by atoms with Crippen LogP contribution in [0.1, 0.15) is 0 Å². The summed E-state index contributed by atoms with van der Waals surface area (Å²) >= 11 is 11.9. The Kier molecular flexibility index (Phi) is 7.50. The van der Waals surface area contributed by atoms with E-state index >= 15 is 0 Å². The van der Waals surface area contributed by atoms with Crippen molar-refractivity contribution in [1.82, 2.24) is 0 Å². The van der Waals surface area contributed by atoms with Gasteiger partial charge in [0.05, 0.1) is 34.8 Å². The molecule has 10 heteroatoms. The minimum atomic E-state index is -4.07. The van der Waals surface area contributed by atoms with Gasteiger partial charge in [0, 0.05) is 11.8 Å². The molecule has 1 N–H and O–H groups in total. The molecule has 3 aromatic rings. The van der Waals surface area contributed by atoms with E-state index < -0.39 is 22.5 Å². The molecule has 0 fully saturated rings. The molecule has 0 radical (unpaired) electrons. The topological polar surface area (TPSA) is 84.9 Å². The number of ether oxygens (including phenoxy) is 2. The van der Waals surface area contributed by atoms with E-state index in [1.54, 1.807) is 30.3 Å². The van der Waals surface area contributed by atoms with Gasteiger partial charge in [0.25, 0.3) is 10.0 Å². The van der Waals surface area contributed by atoms with E-state index in [9.17, 15) is 13.2 Å². The molecule has 1 amide bonds. The number of carbonyl (C=O) groups is 1. The number of hydrogen-bond acceptors (Lipinski definition) is 5. The average molecular weight is 495 g/mol. The number of carbonyl (C=O) groups excluding carboxylic acids is 1. The van der Waals surface area contributed by atoms with Gasteiger partial charge in [-0.05, 0) is 42.5 Å². The Balaban J connectivity index is 1.99. The van der Waals surface area contributed by atoms with Crippen LogP contribution in [-0.2, 0) is 14.8 Å². The summed E-state index contributed by atoms with van der Waals surface area (Å²) in [6.45, 7) is -0.493. The number of halogens is 2. The van der Waals surface area contributed by atoms with Gasteiger partial charge >= 0.3 is 0 Å². The Bertz CT molecular complexity index is 1220. The average Bonchev–Trinajstić information content (AvgIpc) is 2.80. The summed E-state index contributed by atoms with van der Waals surface area (Å²) in [6.07, 6.45) is 0. The van der Waals surface area contributed by atoms with Gasteiger partial charge in [-0.1, -0.05) is 41.4 Å². The summed E-state index contributed by atoms with van der Waals surface area (Å²) in [5.74, 6) is 0.175. The Morgan fingerprint density at radius 1 is 0.906 bits per heavy atom. The number of benzene rings is 3. The van der Waals surface area contributed by atoms with E-state index in [1.165, 1.54) is 50.6 Å². The van der Waals surface area contributed by atoms with Crippen LogP contribution in [0.5, 0.6) is 11.5 Å². The molecule has 0 atom stereocenters. The Hall–Kier alpha value is -2.94. The monoisotopic (exact) mass is 494 g/mol. The van der Waals surface area contributed by atoms with E-state index in [4.69, 9.17) is 32.7 Å². The number of hydrogen-bond donors (Lipinski definition) is 1. The molecule has 7 nitrogen and oxygen atoms in total. The fraction of sp³-hybridized carbons (Fsp3) is 0.136. The van der Waals surface area contributed by atoms with Crippen LogP contribution in [0.2, 0.25) is 10.0 Å². The molecule has 0 aliphatic heterocycles. The third-order valence-electron chi connectivity index (χ3n) is 4.48. The zero-order chi connectivity index (χ0) is 23.3. The first-order valence-electron chi connectivity index (χ1n) is 9.31. The first-order valence-corrected chi connectivity index (χ1v) is 11.5. The third kappa shape index (κ3) is 5.27. The molecule has 32 heavy (non-hydrogen) atoms. The largest absolute Gasteiger partial charge is 0.493 e. The molecule has 0 saturated heterocycles. The molecule has 0 aliphatic rings. The summed E-state index contributed by atoms with van der Waals surface area (Å²) in [4.78, 5) is 12.8. The lowest BCUT2D eigenvalue weighted by molar-refractivity contribution is -0.114. The Labute approximate surface area is 196 Å². The fourth-order valence-corrected chi connectivity index (χ4v) is 4.65. The van der Waals surface area contributed by atoms with Crippen molar-refractivity contribution in [2.45, 2.75) is 4.90 Å². The standard InChI is InChI=1S/C22H20Cl2N2O5S/c1-30-20-11-9-16(13-21(20)31-2)26(32(28,29)17-6-4-3-5-7-17)14-22(27)25-15-8-10-18(23)19(24)12-15/h3-13H,14H2,1-2H3,(H,25,27). The molecule has 3 aromatic carbocycles. The number of methoxy groups -OCH3 is 2. The predicted octanol–water partition coefficient (Wildman–Crippen LogP) is 4.84. The molecule has 3 rings (SSSR count). The molecule has 0 unspecified atom stereocenters. The van der Waals surface area contributed by atoms with Crippen molar-refractivity contribution >= 4 is 50.5 Å². The summed E-state index contributed by atoms with van der Waals surface area (Å²) in [5.41, 5.74) is 0.615. The number of amides is 1. The molecule has 168 valence electrons. The molecule has 0 spiro atoms. The third-order valence-corrected chi connectivity index (χ3v) is 7.00. The summed E-state index contributed by atoms with van der Waals surface area (Å²) < 4.78 is 38.3. The molecule has 0 heterocycles. The van der Waals surface area contributed by atoms with Crippen LogP contribution in [0.3, 0.4) is 0 Å². The van der Waals surface area contributed by atoms with Crippen LogP contribution in [0.4, 0.5) is 11.4 Å². The second-order valence-electron chi connectivity index (χ2n) is 6.54. The molecule has 0 aliphatic carbocycles. The molecular formula is C22H20Cl2N2O5S. The number of anilines is 2. The number of sulfonamides is 1. The van der Waals surface area contributed by atoms with Gasteiger partial charge in [-0.15, -0.1) is 0 Å². The Morgan fingerprint density at radius 2 is 1.59 bits per heavy atom. The summed E-state index contributed by atoms with van der Waals surface area (Å²) in [5, 5.41) is 3.24. The van der Waals surface area contributed by atoms with Crippen LogP contribution in [-0.4, -0.2) is 35.1 Å². The number of nitrogens with one attached hydrogen (secondary N) is 1. The van der Waals surface area contributed by atoms with Gasteiger partial charge in [-0.2, -0.15) is 0 Å². The lowest BCUT2D eigenvalue weighted by atomic mass is 10.2. The van der Waals surface area contributed by atoms with Crippen molar-refractivity contribution in [3.05, 3.63) is 76.8 Å². The van der Waals surface area contributed by atoms with Crippen molar-refractivity contribution in [3.8, 4) is 11.5 Å². The van der Waals surface area contributed by atoms with E-state index in [-0.39, 0.29) is 15.6 Å². The maximum Gasteiger partial charge on any atom is 0.264 e. The van der Waals surface area contributed by atoms with Crippen molar-refractivity contribution in [1.29, 1.82) is 0 Å². The highest BCUT2D eigenvalue weighted by Gasteiger charge is 2.28. The number of nitrogens with zero attached hydrogens (tertiary/aromatic N) is 1. The van der Waals surface area contributed by atoms with Crippen molar-refractivity contribution in [2.75, 3.05) is 30.4 Å². The van der Waals surface area contributed by atoms with Gasteiger partial charge < -0.3 is 14.8 Å². The van der Waals surface area contributed by atoms with Crippen LogP contribution in [0, 0.1) is 0 Å². The predicted molar refractivity (Wildman–Crippen MR) is 126 cm³/mol. The van der Waals surface area contributed by atoms with Crippen LogP contribution in [0.15, 0.2) is 71.6 Å². The van der Waals surface area contributed by atoms with Crippen LogP contribution >= 0.6 is 23.2 Å². The molecular weight excluding hydrogens is 475 g/mol. The van der Waals surface area contributed by atoms with Gasteiger partial charge in [0.2, 0.25) is 5.91 Å². The summed E-state index contributed by atoms with van der Waals surface area (Å²) in [7, 11) is -1.16. The molecule has 0 aromatic heterocycles. The second-order valence-corrected chi connectivity index (χ2v) is 9.22. The highest BCUT2D eigenvalue weighted by Crippen LogP contribution is 2.34. The maximum atomic E-state index is 13.4. The first kappa shape index (κ1) is 23.7. The molecule has 0 bridgehead atoms. The zero-order valence-corrected chi connectivity index (χ0v) is 19.5. The van der Waals surface area contributed by atoms with Crippen LogP contribution < -0.4 is 19.1 Å². The normalized spacial score (nSPS) is 11.0. The van der Waals surface area contributed by atoms with E-state index in [0.29, 0.717) is 22.2 Å². The highest BCUT2D eigenvalue weighted by molar-refractivity contribution is 7.92. The van der Waals surface area contributed by atoms with Crippen molar-refractivity contribution in [2.24, 2.45) is 0 Å². The van der Waals surface area contributed by atoms with Crippen LogP contribution in [0.25, 0.3) is 0 Å². The minimum Gasteiger partial charge on any atom is -0.493 e. The number of rotatable bonds is 8. The second kappa shape index (κ2) is 10.1. The van der Waals surface area contributed by atoms with Gasteiger partial charge in [0.1, 0.15) is 6.54 Å². The zero-order valence-electron chi connectivity index (χ0n) is 17.2. The quantitative estimate of drug-likeness (QED) is 0.483. The molecule has 0 saturated carbocycles. The Morgan fingerprint density at radius 3 is 2.22 bits per heavy atom. The minimum absolute atomic E-state index is 0.0390. The lowest BCUT2D eigenvalue weighted by Crippen LogP contribution is -2.38. The SMILES string of the molecule is COc1ccc(N(CC(=O)Nc2ccc(Cl)c(Cl)c2)S(=O)(=O)c2ccccc2)cc1OC. The lowest BCUT2D eigenvalue weighted by Gasteiger charge is -2.25. The van der Waals surface area contributed by atoms with Gasteiger partial charge in [0.15, 0.2) is 11.5 Å². The van der Waals surface area contributed by atoms with E-state index in [0.717, 1.165) is 4.31 Å². The summed E-state index contributed by atoms with van der Waals surface area (Å²) in [6, 6.07) is 17.0. The smallest absolute Gasteiger partial charge is 0.264 e.